The number of carbonyl (C=O) groups excluding carboxylic acids is 1. The number of likely N-dealkylation sites (tertiary alicyclic amines) is 1. The van der Waals surface area contributed by atoms with Crippen molar-refractivity contribution in [2.75, 3.05) is 6.54 Å². The Morgan fingerprint density at radius 2 is 1.96 bits per heavy atom. The fourth-order valence-electron chi connectivity index (χ4n) is 3.25. The van der Waals surface area contributed by atoms with E-state index < -0.39 is 11.2 Å². The van der Waals surface area contributed by atoms with Crippen LogP contribution in [0.5, 0.6) is 0 Å². The molecule has 1 aromatic carbocycles. The van der Waals surface area contributed by atoms with Crippen molar-refractivity contribution in [2.45, 2.75) is 38.3 Å². The summed E-state index contributed by atoms with van der Waals surface area (Å²) in [5.74, 6) is -0.0697. The predicted octanol–water partition coefficient (Wildman–Crippen LogP) is 1.16. The summed E-state index contributed by atoms with van der Waals surface area (Å²) in [6.07, 6.45) is 5.23. The van der Waals surface area contributed by atoms with Crippen LogP contribution in [-0.2, 0) is 17.8 Å². The van der Waals surface area contributed by atoms with Crippen molar-refractivity contribution in [1.82, 2.24) is 14.5 Å². The molecule has 2 heterocycles. The molecule has 2 aromatic rings. The van der Waals surface area contributed by atoms with Gasteiger partial charge in [0.15, 0.2) is 0 Å². The second kappa shape index (κ2) is 7.29. The second-order valence-corrected chi connectivity index (χ2v) is 6.15. The van der Waals surface area contributed by atoms with Crippen LogP contribution in [0.4, 0.5) is 0 Å². The number of amides is 1. The number of nitrogens with one attached hydrogen (secondary N) is 1. The number of aromatic amines is 1. The van der Waals surface area contributed by atoms with Crippen molar-refractivity contribution >= 4 is 5.91 Å². The smallest absolute Gasteiger partial charge is 0.328 e. The minimum atomic E-state index is -0.545. The minimum absolute atomic E-state index is 0.0303. The van der Waals surface area contributed by atoms with Crippen molar-refractivity contribution < 1.29 is 4.79 Å². The van der Waals surface area contributed by atoms with Gasteiger partial charge in [-0.2, -0.15) is 0 Å². The summed E-state index contributed by atoms with van der Waals surface area (Å²) in [7, 11) is 0. The highest BCUT2D eigenvalue weighted by molar-refractivity contribution is 5.76. The van der Waals surface area contributed by atoms with Crippen LogP contribution in [0.15, 0.2) is 52.2 Å². The average molecular weight is 327 g/mol. The lowest BCUT2D eigenvalue weighted by molar-refractivity contribution is -0.132. The molecule has 0 saturated carbocycles. The van der Waals surface area contributed by atoms with Gasteiger partial charge in [0.1, 0.15) is 6.54 Å². The van der Waals surface area contributed by atoms with Gasteiger partial charge in [-0.15, -0.1) is 0 Å². The molecule has 1 aromatic heterocycles. The van der Waals surface area contributed by atoms with Gasteiger partial charge in [0.2, 0.25) is 5.91 Å². The summed E-state index contributed by atoms with van der Waals surface area (Å²) >= 11 is 0. The molecule has 0 bridgehead atoms. The maximum absolute atomic E-state index is 12.5. The highest BCUT2D eigenvalue weighted by atomic mass is 16.2. The number of rotatable bonds is 5. The molecule has 0 radical (unpaired) electrons. The molecule has 1 atom stereocenters. The van der Waals surface area contributed by atoms with Crippen LogP contribution < -0.4 is 11.2 Å². The van der Waals surface area contributed by atoms with Gasteiger partial charge in [-0.05, 0) is 31.2 Å². The largest absolute Gasteiger partial charge is 0.338 e. The van der Waals surface area contributed by atoms with Crippen LogP contribution in [0.1, 0.15) is 24.8 Å². The monoisotopic (exact) mass is 327 g/mol. The number of nitrogens with zero attached hydrogens (tertiary/aromatic N) is 2. The molecule has 1 aliphatic heterocycles. The van der Waals surface area contributed by atoms with Crippen molar-refractivity contribution in [2.24, 2.45) is 0 Å². The Kier molecular flexibility index (Phi) is 4.93. The lowest BCUT2D eigenvalue weighted by Crippen LogP contribution is -2.40. The van der Waals surface area contributed by atoms with Crippen LogP contribution in [-0.4, -0.2) is 32.9 Å². The van der Waals surface area contributed by atoms with E-state index in [-0.39, 0.29) is 18.5 Å². The first kappa shape index (κ1) is 16.2. The lowest BCUT2D eigenvalue weighted by atomic mass is 10.0. The first-order valence-corrected chi connectivity index (χ1v) is 8.26. The normalized spacial score (nSPS) is 17.2. The Balaban J connectivity index is 1.63. The fraction of sp³-hybridized carbons (Fsp3) is 0.389. The van der Waals surface area contributed by atoms with Crippen molar-refractivity contribution in [3.05, 3.63) is 69.0 Å². The summed E-state index contributed by atoms with van der Waals surface area (Å²) in [6.45, 7) is 0.702. The first-order valence-electron chi connectivity index (χ1n) is 8.26. The molecule has 1 fully saturated rings. The molecule has 6 heteroatoms. The van der Waals surface area contributed by atoms with Gasteiger partial charge in [-0.25, -0.2) is 4.79 Å². The van der Waals surface area contributed by atoms with Gasteiger partial charge in [0.05, 0.1) is 0 Å². The van der Waals surface area contributed by atoms with E-state index >= 15 is 0 Å². The van der Waals surface area contributed by atoms with Gasteiger partial charge in [0.25, 0.3) is 5.56 Å². The molecule has 126 valence electrons. The Labute approximate surface area is 139 Å². The maximum Gasteiger partial charge on any atom is 0.328 e. The van der Waals surface area contributed by atoms with E-state index in [1.165, 1.54) is 22.4 Å². The predicted molar refractivity (Wildman–Crippen MR) is 90.8 cm³/mol. The third-order valence-corrected chi connectivity index (χ3v) is 4.51. The van der Waals surface area contributed by atoms with E-state index in [0.29, 0.717) is 0 Å². The number of H-pyrrole nitrogens is 1. The molecule has 0 unspecified atom stereocenters. The standard InChI is InChI=1S/C18H21N3O3/c22-16-10-12-20(18(24)19-16)13-17(23)21-11-4-7-15(21)9-8-14-5-2-1-3-6-14/h1-3,5-6,10,12,15H,4,7-9,11,13H2,(H,19,22,24)/t15-/m1/s1. The van der Waals surface area contributed by atoms with Gasteiger partial charge >= 0.3 is 5.69 Å². The van der Waals surface area contributed by atoms with Crippen molar-refractivity contribution in [3.8, 4) is 0 Å². The molecular weight excluding hydrogens is 306 g/mol. The zero-order valence-corrected chi connectivity index (χ0v) is 13.5. The summed E-state index contributed by atoms with van der Waals surface area (Å²) < 4.78 is 1.25. The van der Waals surface area contributed by atoms with E-state index in [0.717, 1.165) is 32.2 Å². The Hall–Kier alpha value is -2.63. The van der Waals surface area contributed by atoms with Crippen LogP contribution >= 0.6 is 0 Å². The van der Waals surface area contributed by atoms with Crippen LogP contribution in [0.3, 0.4) is 0 Å². The van der Waals surface area contributed by atoms with Crippen molar-refractivity contribution in [3.63, 3.8) is 0 Å². The molecule has 24 heavy (non-hydrogen) atoms. The van der Waals surface area contributed by atoms with Crippen molar-refractivity contribution in [1.29, 1.82) is 0 Å². The SMILES string of the molecule is O=C(Cn1ccc(=O)[nH]c1=O)N1CCC[C@@H]1CCc1ccccc1. The maximum atomic E-state index is 12.5. The molecule has 6 nitrogen and oxygen atoms in total. The summed E-state index contributed by atoms with van der Waals surface area (Å²) in [4.78, 5) is 39.4. The molecule has 0 spiro atoms. The quantitative estimate of drug-likeness (QED) is 0.895. The number of aryl methyl sites for hydroxylation is 1. The Morgan fingerprint density at radius 3 is 2.71 bits per heavy atom. The van der Waals surface area contributed by atoms with E-state index in [2.05, 4.69) is 17.1 Å². The number of benzene rings is 1. The summed E-state index contributed by atoms with van der Waals surface area (Å²) in [5, 5.41) is 0. The zero-order chi connectivity index (χ0) is 16.9. The molecule has 1 amide bonds. The Bertz CT molecular complexity index is 810. The average Bonchev–Trinajstić information content (AvgIpc) is 3.05. The van der Waals surface area contributed by atoms with Gasteiger partial charge in [0, 0.05) is 24.8 Å². The van der Waals surface area contributed by atoms with Crippen LogP contribution in [0, 0.1) is 0 Å². The summed E-state index contributed by atoms with van der Waals surface area (Å²) in [6, 6.07) is 11.7. The number of hydrogen-bond acceptors (Lipinski definition) is 3. The Morgan fingerprint density at radius 1 is 1.17 bits per heavy atom. The van der Waals surface area contributed by atoms with Gasteiger partial charge < -0.3 is 4.90 Å². The lowest BCUT2D eigenvalue weighted by Gasteiger charge is -2.25. The number of aromatic nitrogens is 2. The first-order chi connectivity index (χ1) is 11.6. The second-order valence-electron chi connectivity index (χ2n) is 6.15. The molecular formula is C18H21N3O3. The molecule has 1 aliphatic rings. The third kappa shape index (κ3) is 3.82. The fourth-order valence-corrected chi connectivity index (χ4v) is 3.25. The van der Waals surface area contributed by atoms with Crippen LogP contribution in [0.2, 0.25) is 0 Å². The number of carbonyl (C=O) groups is 1. The third-order valence-electron chi connectivity index (χ3n) is 4.51. The molecule has 0 aliphatic carbocycles. The summed E-state index contributed by atoms with van der Waals surface area (Å²) in [5.41, 5.74) is 0.273. The van der Waals surface area contributed by atoms with Gasteiger partial charge in [-0.3, -0.25) is 19.1 Å². The van der Waals surface area contributed by atoms with E-state index in [1.54, 1.807) is 0 Å². The van der Waals surface area contributed by atoms with E-state index in [4.69, 9.17) is 0 Å². The van der Waals surface area contributed by atoms with Gasteiger partial charge in [-0.1, -0.05) is 30.3 Å². The topological polar surface area (TPSA) is 75.2 Å². The molecule has 3 rings (SSSR count). The highest BCUT2D eigenvalue weighted by Crippen LogP contribution is 2.22. The highest BCUT2D eigenvalue weighted by Gasteiger charge is 2.28. The molecule has 1 N–H and O–H groups in total. The molecule has 1 saturated heterocycles. The minimum Gasteiger partial charge on any atom is -0.338 e. The van der Waals surface area contributed by atoms with Crippen LogP contribution in [0.25, 0.3) is 0 Å². The van der Waals surface area contributed by atoms with E-state index in [1.807, 2.05) is 23.1 Å². The number of hydrogen-bond donors (Lipinski definition) is 1. The van der Waals surface area contributed by atoms with E-state index in [9.17, 15) is 14.4 Å². The zero-order valence-electron chi connectivity index (χ0n) is 13.5.